The van der Waals surface area contributed by atoms with Crippen molar-refractivity contribution >= 4 is 5.69 Å². The van der Waals surface area contributed by atoms with E-state index in [-0.39, 0.29) is 0 Å². The van der Waals surface area contributed by atoms with Gasteiger partial charge < -0.3 is 5.32 Å². The van der Waals surface area contributed by atoms with Gasteiger partial charge >= 0.3 is 0 Å². The van der Waals surface area contributed by atoms with Gasteiger partial charge in [0, 0.05) is 37.8 Å². The normalized spacial score (nSPS) is 24.1. The lowest BCUT2D eigenvalue weighted by molar-refractivity contribution is 0.280. The van der Waals surface area contributed by atoms with Crippen LogP contribution in [0.25, 0.3) is 0 Å². The number of hydrogen-bond donors (Lipinski definition) is 1. The molecule has 2 heterocycles. The number of benzene rings is 1. The van der Waals surface area contributed by atoms with E-state index < -0.39 is 0 Å². The molecule has 0 bridgehead atoms. The predicted octanol–water partition coefficient (Wildman–Crippen LogP) is 2.85. The van der Waals surface area contributed by atoms with E-state index in [1.54, 1.807) is 5.57 Å². The Bertz CT molecular complexity index is 436. The first kappa shape index (κ1) is 10.8. The molecule has 2 nitrogen and oxygen atoms in total. The molecule has 0 amide bonds. The molecular weight excluding hydrogens is 208 g/mol. The van der Waals surface area contributed by atoms with Crippen molar-refractivity contribution in [3.8, 4) is 0 Å². The minimum atomic E-state index is 0.665. The van der Waals surface area contributed by atoms with E-state index in [1.807, 2.05) is 0 Å². The standard InChI is InChI=1S/C15H20N2/c1-12-6-8-17(9-7-12)11-13-10-16-15-5-3-2-4-14(13)15/h2-6,13,16H,7-11H2,1H3. The highest BCUT2D eigenvalue weighted by molar-refractivity contribution is 5.57. The Morgan fingerprint density at radius 2 is 2.24 bits per heavy atom. The molecule has 3 rings (SSSR count). The zero-order valence-corrected chi connectivity index (χ0v) is 10.4. The lowest BCUT2D eigenvalue weighted by Crippen LogP contribution is -2.33. The van der Waals surface area contributed by atoms with Gasteiger partial charge in [0.1, 0.15) is 0 Å². The summed E-state index contributed by atoms with van der Waals surface area (Å²) >= 11 is 0. The van der Waals surface area contributed by atoms with Gasteiger partial charge in [-0.1, -0.05) is 29.8 Å². The first-order valence-electron chi connectivity index (χ1n) is 6.54. The van der Waals surface area contributed by atoms with Gasteiger partial charge in [-0.05, 0) is 25.0 Å². The number of fused-ring (bicyclic) bond motifs is 1. The van der Waals surface area contributed by atoms with Crippen LogP contribution in [-0.2, 0) is 0 Å². The van der Waals surface area contributed by atoms with Crippen LogP contribution in [0.1, 0.15) is 24.8 Å². The largest absolute Gasteiger partial charge is 0.384 e. The third-order valence-electron chi connectivity index (χ3n) is 3.94. The van der Waals surface area contributed by atoms with E-state index in [2.05, 4.69) is 47.5 Å². The minimum absolute atomic E-state index is 0.665. The Kier molecular flexibility index (Phi) is 2.89. The molecule has 0 radical (unpaired) electrons. The molecule has 0 fully saturated rings. The molecule has 0 saturated heterocycles. The second-order valence-electron chi connectivity index (χ2n) is 5.23. The molecule has 0 spiro atoms. The molecule has 2 aliphatic heterocycles. The molecular formula is C15H20N2. The van der Waals surface area contributed by atoms with Crippen LogP contribution >= 0.6 is 0 Å². The number of para-hydroxylation sites is 1. The fourth-order valence-corrected chi connectivity index (χ4v) is 2.81. The van der Waals surface area contributed by atoms with Gasteiger partial charge in [-0.3, -0.25) is 4.90 Å². The minimum Gasteiger partial charge on any atom is -0.384 e. The fourth-order valence-electron chi connectivity index (χ4n) is 2.81. The molecule has 0 saturated carbocycles. The summed E-state index contributed by atoms with van der Waals surface area (Å²) in [5.41, 5.74) is 4.38. The highest BCUT2D eigenvalue weighted by Crippen LogP contribution is 2.31. The summed E-state index contributed by atoms with van der Waals surface area (Å²) in [6.45, 7) is 6.88. The highest BCUT2D eigenvalue weighted by atomic mass is 15.1. The van der Waals surface area contributed by atoms with Crippen molar-refractivity contribution in [3.63, 3.8) is 0 Å². The third kappa shape index (κ3) is 2.22. The van der Waals surface area contributed by atoms with Gasteiger partial charge in [0.25, 0.3) is 0 Å². The van der Waals surface area contributed by atoms with Crippen LogP contribution in [-0.4, -0.2) is 31.1 Å². The van der Waals surface area contributed by atoms with Crippen molar-refractivity contribution in [1.29, 1.82) is 0 Å². The highest BCUT2D eigenvalue weighted by Gasteiger charge is 2.24. The first-order chi connectivity index (χ1) is 8.33. The summed E-state index contributed by atoms with van der Waals surface area (Å²) in [4.78, 5) is 2.57. The monoisotopic (exact) mass is 228 g/mol. The van der Waals surface area contributed by atoms with Crippen molar-refractivity contribution in [2.24, 2.45) is 0 Å². The maximum absolute atomic E-state index is 3.51. The Hall–Kier alpha value is -1.28. The van der Waals surface area contributed by atoms with E-state index in [9.17, 15) is 0 Å². The lowest BCUT2D eigenvalue weighted by Gasteiger charge is -2.27. The van der Waals surface area contributed by atoms with Crippen LogP contribution in [0, 0.1) is 0 Å². The molecule has 1 unspecified atom stereocenters. The fraction of sp³-hybridized carbons (Fsp3) is 0.467. The number of hydrogen-bond acceptors (Lipinski definition) is 2. The van der Waals surface area contributed by atoms with Gasteiger partial charge in [-0.25, -0.2) is 0 Å². The maximum atomic E-state index is 3.51. The molecule has 1 aromatic carbocycles. The van der Waals surface area contributed by atoms with Crippen LogP contribution in [0.2, 0.25) is 0 Å². The van der Waals surface area contributed by atoms with Gasteiger partial charge in [-0.2, -0.15) is 0 Å². The van der Waals surface area contributed by atoms with E-state index >= 15 is 0 Å². The Morgan fingerprint density at radius 3 is 3.06 bits per heavy atom. The second-order valence-corrected chi connectivity index (χ2v) is 5.23. The van der Waals surface area contributed by atoms with Crippen molar-refractivity contribution in [3.05, 3.63) is 41.5 Å². The van der Waals surface area contributed by atoms with Crippen molar-refractivity contribution in [1.82, 2.24) is 4.90 Å². The SMILES string of the molecule is CC1=CCN(CC2CNc3ccccc32)CC1. The molecule has 0 aromatic heterocycles. The zero-order valence-electron chi connectivity index (χ0n) is 10.4. The van der Waals surface area contributed by atoms with E-state index in [0.29, 0.717) is 5.92 Å². The smallest absolute Gasteiger partial charge is 0.0376 e. The summed E-state index contributed by atoms with van der Waals surface area (Å²) in [6.07, 6.45) is 3.61. The molecule has 90 valence electrons. The van der Waals surface area contributed by atoms with Crippen LogP contribution < -0.4 is 5.32 Å². The van der Waals surface area contributed by atoms with Gasteiger partial charge in [0.15, 0.2) is 0 Å². The van der Waals surface area contributed by atoms with E-state index in [4.69, 9.17) is 0 Å². The average Bonchev–Trinajstić information content (AvgIpc) is 2.76. The molecule has 2 aliphatic rings. The number of nitrogens with one attached hydrogen (secondary N) is 1. The summed E-state index contributed by atoms with van der Waals surface area (Å²) in [5.74, 6) is 0.665. The molecule has 1 aromatic rings. The van der Waals surface area contributed by atoms with Crippen molar-refractivity contribution in [2.45, 2.75) is 19.3 Å². The van der Waals surface area contributed by atoms with Crippen LogP contribution in [0.3, 0.4) is 0 Å². The maximum Gasteiger partial charge on any atom is 0.0376 e. The summed E-state index contributed by atoms with van der Waals surface area (Å²) in [7, 11) is 0. The summed E-state index contributed by atoms with van der Waals surface area (Å²) in [5, 5.41) is 3.51. The second kappa shape index (κ2) is 4.53. The van der Waals surface area contributed by atoms with Crippen molar-refractivity contribution in [2.75, 3.05) is 31.5 Å². The van der Waals surface area contributed by atoms with E-state index in [1.165, 1.54) is 30.8 Å². The summed E-state index contributed by atoms with van der Waals surface area (Å²) < 4.78 is 0. The van der Waals surface area contributed by atoms with Gasteiger partial charge in [0.2, 0.25) is 0 Å². The quantitative estimate of drug-likeness (QED) is 0.783. The molecule has 1 atom stereocenters. The van der Waals surface area contributed by atoms with Crippen LogP contribution in [0.4, 0.5) is 5.69 Å². The van der Waals surface area contributed by atoms with Crippen molar-refractivity contribution < 1.29 is 0 Å². The Balaban J connectivity index is 1.68. The molecule has 0 aliphatic carbocycles. The van der Waals surface area contributed by atoms with Gasteiger partial charge in [0.05, 0.1) is 0 Å². The first-order valence-corrected chi connectivity index (χ1v) is 6.54. The average molecular weight is 228 g/mol. The number of anilines is 1. The third-order valence-corrected chi connectivity index (χ3v) is 3.94. The van der Waals surface area contributed by atoms with E-state index in [0.717, 1.165) is 13.1 Å². The molecule has 17 heavy (non-hydrogen) atoms. The summed E-state index contributed by atoms with van der Waals surface area (Å²) in [6, 6.07) is 8.72. The topological polar surface area (TPSA) is 15.3 Å². The zero-order chi connectivity index (χ0) is 11.7. The van der Waals surface area contributed by atoms with Crippen LogP contribution in [0.5, 0.6) is 0 Å². The Labute approximate surface area is 103 Å². The lowest BCUT2D eigenvalue weighted by atomic mass is 9.99. The van der Waals surface area contributed by atoms with Gasteiger partial charge in [-0.15, -0.1) is 0 Å². The molecule has 1 N–H and O–H groups in total. The number of nitrogens with zero attached hydrogens (tertiary/aromatic N) is 1. The Morgan fingerprint density at radius 1 is 1.35 bits per heavy atom. The number of rotatable bonds is 2. The van der Waals surface area contributed by atoms with Crippen LogP contribution in [0.15, 0.2) is 35.9 Å². The predicted molar refractivity (Wildman–Crippen MR) is 72.5 cm³/mol. The molecule has 2 heteroatoms.